The minimum absolute atomic E-state index is 0.329. The second kappa shape index (κ2) is 5.29. The maximum Gasteiger partial charge on any atom is 0.398 e. The van der Waals surface area contributed by atoms with E-state index >= 15 is 0 Å². The molecule has 1 unspecified atom stereocenters. The predicted octanol–water partition coefficient (Wildman–Crippen LogP) is -0.232. The molecule has 0 saturated carbocycles. The average molecular weight is 166 g/mol. The summed E-state index contributed by atoms with van der Waals surface area (Å²) < 4.78 is 13.9. The number of aliphatic hydroxyl groups is 2. The van der Waals surface area contributed by atoms with Gasteiger partial charge < -0.3 is 14.9 Å². The highest BCUT2D eigenvalue weighted by molar-refractivity contribution is 7.45. The molecule has 5 nitrogen and oxygen atoms in total. The fraction of sp³-hybridized carbons (Fsp3) is 0.750. The van der Waals surface area contributed by atoms with E-state index in [1.807, 2.05) is 0 Å². The molecule has 6 heteroatoms. The molecule has 10 heavy (non-hydrogen) atoms. The van der Waals surface area contributed by atoms with Crippen molar-refractivity contribution in [2.75, 3.05) is 13.2 Å². The number of hydrogen-bond donors (Lipinski definition) is 2. The van der Waals surface area contributed by atoms with E-state index in [0.717, 1.165) is 0 Å². The van der Waals surface area contributed by atoms with E-state index < -0.39 is 26.9 Å². The van der Waals surface area contributed by atoms with Gasteiger partial charge in [0.1, 0.15) is 12.7 Å². The molecule has 2 N–H and O–H groups in total. The zero-order valence-corrected chi connectivity index (χ0v) is 5.95. The number of aliphatic hydroxyl groups excluding tert-OH is 2. The van der Waals surface area contributed by atoms with E-state index in [1.54, 1.807) is 0 Å². The molecule has 0 spiro atoms. The van der Waals surface area contributed by atoms with E-state index in [-0.39, 0.29) is 6.61 Å². The van der Waals surface area contributed by atoms with Crippen molar-refractivity contribution in [3.63, 3.8) is 0 Å². The lowest BCUT2D eigenvalue weighted by atomic mass is 10.4. The second-order valence-corrected chi connectivity index (χ2v) is 2.05. The molecule has 0 amide bonds. The van der Waals surface area contributed by atoms with E-state index in [9.17, 15) is 9.36 Å². The molecule has 0 aliphatic heterocycles. The summed E-state index contributed by atoms with van der Waals surface area (Å²) in [5.41, 5.74) is -0.951. The molecule has 0 aromatic heterocycles. The molecule has 1 atom stereocenters. The summed E-state index contributed by atoms with van der Waals surface area (Å²) in [4.78, 5) is 10.1. The van der Waals surface area contributed by atoms with Gasteiger partial charge in [-0.1, -0.05) is 0 Å². The molecular weight excluding hydrogens is 159 g/mol. The lowest BCUT2D eigenvalue weighted by molar-refractivity contribution is 0.0394. The van der Waals surface area contributed by atoms with Gasteiger partial charge in [0, 0.05) is 0 Å². The van der Waals surface area contributed by atoms with Gasteiger partial charge in [-0.25, -0.2) is 4.79 Å². The van der Waals surface area contributed by atoms with E-state index in [1.165, 1.54) is 0 Å². The van der Waals surface area contributed by atoms with Crippen LogP contribution in [0, 0.1) is 0 Å². The number of carbonyl (C=O) groups excluding carboxylic acids is 1. The topological polar surface area (TPSA) is 83.8 Å². The monoisotopic (exact) mass is 166 g/mol. The highest BCUT2D eigenvalue weighted by Gasteiger charge is 2.06. The van der Waals surface area contributed by atoms with Gasteiger partial charge in [-0.15, -0.1) is 0 Å². The highest BCUT2D eigenvalue weighted by Crippen LogP contribution is 1.98. The fourth-order valence-electron chi connectivity index (χ4n) is 0.247. The van der Waals surface area contributed by atoms with Crippen molar-refractivity contribution in [2.45, 2.75) is 6.10 Å². The van der Waals surface area contributed by atoms with Crippen LogP contribution >= 0.6 is 8.46 Å². The Hall–Kier alpha value is -0.510. The van der Waals surface area contributed by atoms with E-state index in [0.29, 0.717) is 0 Å². The first-order chi connectivity index (χ1) is 4.70. The minimum atomic E-state index is -1.09. The van der Waals surface area contributed by atoms with Gasteiger partial charge in [0.2, 0.25) is 0 Å². The van der Waals surface area contributed by atoms with Gasteiger partial charge in [-0.05, 0) is 0 Å². The Morgan fingerprint density at radius 2 is 2.30 bits per heavy atom. The van der Waals surface area contributed by atoms with Gasteiger partial charge >= 0.3 is 5.71 Å². The smallest absolute Gasteiger partial charge is 0.398 e. The molecule has 58 valence electrons. The second-order valence-electron chi connectivity index (χ2n) is 1.50. The summed E-state index contributed by atoms with van der Waals surface area (Å²) >= 11 is 0. The molecular formula is C4H7O5P. The summed E-state index contributed by atoms with van der Waals surface area (Å²) in [5, 5.41) is 16.8. The Labute approximate surface area is 58.8 Å². The van der Waals surface area contributed by atoms with Crippen LogP contribution < -0.4 is 0 Å². The fourth-order valence-corrected chi connectivity index (χ4v) is 0.374. The number of carbonyl (C=O) groups is 1. The van der Waals surface area contributed by atoms with Gasteiger partial charge in [0.05, 0.1) is 6.61 Å². The first-order valence-electron chi connectivity index (χ1n) is 2.49. The van der Waals surface area contributed by atoms with Crippen molar-refractivity contribution in [1.82, 2.24) is 0 Å². The van der Waals surface area contributed by atoms with Gasteiger partial charge in [0.15, 0.2) is 0 Å². The Kier molecular flexibility index (Phi) is 5.02. The molecule has 0 heterocycles. The SMILES string of the molecule is O=PC(=O)OCC(O)CO. The van der Waals surface area contributed by atoms with Crippen molar-refractivity contribution in [1.29, 1.82) is 0 Å². The summed E-state index contributed by atoms with van der Waals surface area (Å²) in [7, 11) is -0.749. The molecule has 0 fully saturated rings. The van der Waals surface area contributed by atoms with E-state index in [4.69, 9.17) is 10.2 Å². The Morgan fingerprint density at radius 3 is 2.70 bits per heavy atom. The summed E-state index contributed by atoms with van der Waals surface area (Å²) in [6, 6.07) is 0. The molecule has 0 aliphatic rings. The van der Waals surface area contributed by atoms with Crippen molar-refractivity contribution in [3.05, 3.63) is 0 Å². The molecule has 0 bridgehead atoms. The van der Waals surface area contributed by atoms with Crippen molar-refractivity contribution < 1.29 is 24.3 Å². The average Bonchev–Trinajstić information content (AvgIpc) is 1.99. The van der Waals surface area contributed by atoms with Gasteiger partial charge in [-0.3, -0.25) is 4.57 Å². The van der Waals surface area contributed by atoms with Crippen LogP contribution in [0.15, 0.2) is 0 Å². The molecule has 0 radical (unpaired) electrons. The Morgan fingerprint density at radius 1 is 1.70 bits per heavy atom. The van der Waals surface area contributed by atoms with Gasteiger partial charge in [0.25, 0.3) is 8.46 Å². The standard InChI is InChI=1S/C4H7O5P/c5-1-3(6)2-9-4(7)10-8/h3,5-6H,1-2H2. The van der Waals surface area contributed by atoms with Crippen LogP contribution in [0.3, 0.4) is 0 Å². The maximum atomic E-state index is 10.1. The van der Waals surface area contributed by atoms with Crippen LogP contribution in [-0.2, 0) is 9.30 Å². The number of ether oxygens (including phenoxy) is 1. The maximum absolute atomic E-state index is 10.1. The van der Waals surface area contributed by atoms with Crippen molar-refractivity contribution in [2.24, 2.45) is 0 Å². The van der Waals surface area contributed by atoms with Crippen molar-refractivity contribution in [3.8, 4) is 0 Å². The minimum Gasteiger partial charge on any atom is -0.454 e. The third kappa shape index (κ3) is 4.38. The predicted molar refractivity (Wildman–Crippen MR) is 32.0 cm³/mol. The zero-order valence-electron chi connectivity index (χ0n) is 5.06. The quantitative estimate of drug-likeness (QED) is 0.563. The Bertz CT molecular complexity index is 125. The summed E-state index contributed by atoms with van der Waals surface area (Å²) in [5.74, 6) is 0. The van der Waals surface area contributed by atoms with Gasteiger partial charge in [-0.2, -0.15) is 0 Å². The molecule has 0 aliphatic carbocycles. The first kappa shape index (κ1) is 9.49. The van der Waals surface area contributed by atoms with Crippen molar-refractivity contribution >= 4 is 14.2 Å². The van der Waals surface area contributed by atoms with Crippen LogP contribution in [0.5, 0.6) is 0 Å². The van der Waals surface area contributed by atoms with Crippen LogP contribution in [-0.4, -0.2) is 35.2 Å². The Balaban J connectivity index is 3.34. The number of hydrogen-bond acceptors (Lipinski definition) is 5. The van der Waals surface area contributed by atoms with Crippen LogP contribution in [0.25, 0.3) is 0 Å². The lowest BCUT2D eigenvalue weighted by Gasteiger charge is -2.04. The largest absolute Gasteiger partial charge is 0.454 e. The molecule has 0 aromatic rings. The molecule has 0 saturated heterocycles. The van der Waals surface area contributed by atoms with Crippen LogP contribution in [0.4, 0.5) is 4.79 Å². The van der Waals surface area contributed by atoms with Crippen LogP contribution in [0.2, 0.25) is 0 Å². The normalized spacial score (nSPS) is 13.0. The third-order valence-electron chi connectivity index (χ3n) is 0.684. The zero-order chi connectivity index (χ0) is 7.98. The lowest BCUT2D eigenvalue weighted by Crippen LogP contribution is -2.19. The molecule has 0 rings (SSSR count). The number of rotatable bonds is 4. The first-order valence-corrected chi connectivity index (χ1v) is 3.31. The summed E-state index contributed by atoms with van der Waals surface area (Å²) in [6.45, 7) is -0.812. The third-order valence-corrected chi connectivity index (χ3v) is 0.963. The molecule has 0 aromatic carbocycles. The summed E-state index contributed by atoms with van der Waals surface area (Å²) in [6.07, 6.45) is -1.09. The highest BCUT2D eigenvalue weighted by atomic mass is 31.1. The van der Waals surface area contributed by atoms with Crippen LogP contribution in [0.1, 0.15) is 0 Å². The van der Waals surface area contributed by atoms with E-state index in [2.05, 4.69) is 4.74 Å².